The normalized spacial score (nSPS) is 19.7. The smallest absolute Gasteiger partial charge is 0.339 e. The van der Waals surface area contributed by atoms with E-state index in [0.717, 1.165) is 30.6 Å². The van der Waals surface area contributed by atoms with Gasteiger partial charge in [-0.25, -0.2) is 18.7 Å². The first-order valence-corrected chi connectivity index (χ1v) is 13.3. The molecule has 10 nitrogen and oxygen atoms in total. The van der Waals surface area contributed by atoms with Gasteiger partial charge >= 0.3 is 18.1 Å². The Hall–Kier alpha value is -3.73. The van der Waals surface area contributed by atoms with Crippen LogP contribution in [0.1, 0.15) is 47.4 Å². The van der Waals surface area contributed by atoms with Crippen molar-refractivity contribution in [1.29, 1.82) is 0 Å². The number of halogens is 8. The summed E-state index contributed by atoms with van der Waals surface area (Å²) < 4.78 is 100. The van der Waals surface area contributed by atoms with Crippen LogP contribution in [-0.2, 0) is 5.92 Å². The van der Waals surface area contributed by atoms with Crippen molar-refractivity contribution in [3.63, 3.8) is 0 Å². The Labute approximate surface area is 252 Å². The van der Waals surface area contributed by atoms with Crippen molar-refractivity contribution < 1.29 is 40.1 Å². The van der Waals surface area contributed by atoms with Crippen molar-refractivity contribution in [2.45, 2.75) is 49.9 Å². The molecular weight excluding hydrogens is 625 g/mol. The Bertz CT molecular complexity index is 1450. The third-order valence-corrected chi connectivity index (χ3v) is 7.48. The summed E-state index contributed by atoms with van der Waals surface area (Å²) in [6, 6.07) is 1.50. The van der Waals surface area contributed by atoms with Gasteiger partial charge in [-0.1, -0.05) is 5.16 Å². The lowest BCUT2D eigenvalue weighted by atomic mass is 9.94. The zero-order chi connectivity index (χ0) is 31.1. The van der Waals surface area contributed by atoms with Crippen LogP contribution in [0.25, 0.3) is 0 Å². The minimum Gasteiger partial charge on any atom is -0.339 e. The van der Waals surface area contributed by atoms with E-state index in [0.29, 0.717) is 11.8 Å². The second kappa shape index (κ2) is 12.7. The van der Waals surface area contributed by atoms with E-state index in [-0.39, 0.29) is 74.5 Å². The molecule has 0 radical (unpaired) electrons. The van der Waals surface area contributed by atoms with Gasteiger partial charge in [0.25, 0.3) is 5.91 Å². The van der Waals surface area contributed by atoms with Crippen molar-refractivity contribution in [3.8, 4) is 0 Å². The van der Waals surface area contributed by atoms with Gasteiger partial charge in [0.1, 0.15) is 18.2 Å². The van der Waals surface area contributed by atoms with Gasteiger partial charge in [0, 0.05) is 63.5 Å². The Morgan fingerprint density at radius 1 is 1.07 bits per heavy atom. The molecule has 1 aromatic carbocycles. The van der Waals surface area contributed by atoms with E-state index in [1.807, 2.05) is 0 Å². The molecule has 44 heavy (non-hydrogen) atoms. The number of alkyl halides is 5. The van der Waals surface area contributed by atoms with Crippen molar-refractivity contribution in [3.05, 3.63) is 59.2 Å². The number of anilines is 2. The largest absolute Gasteiger partial charge is 0.406 e. The number of hydrogen-bond donors (Lipinski definition) is 1. The van der Waals surface area contributed by atoms with Gasteiger partial charge in [-0.2, -0.15) is 26.9 Å². The third-order valence-electron chi connectivity index (χ3n) is 7.48. The van der Waals surface area contributed by atoms with Crippen LogP contribution in [0.15, 0.2) is 35.1 Å². The molecule has 2 fully saturated rings. The molecule has 1 amide bonds. The molecule has 0 saturated carbocycles. The number of carbonyl (C=O) groups is 1. The summed E-state index contributed by atoms with van der Waals surface area (Å²) in [4.78, 5) is 29.0. The van der Waals surface area contributed by atoms with Crippen LogP contribution in [0.2, 0.25) is 0 Å². The monoisotopic (exact) mass is 652 g/mol. The lowest BCUT2D eigenvalue weighted by Crippen LogP contribution is -2.50. The molecule has 0 bridgehead atoms. The number of piperidine rings is 1. The molecule has 2 atom stereocenters. The highest BCUT2D eigenvalue weighted by Crippen LogP contribution is 2.32. The summed E-state index contributed by atoms with van der Waals surface area (Å²) in [5, 5.41) is 3.25. The SMILES string of the molecule is CC(F)(F)c1noc(N2CCC(N(CC(F)(F)F)C(=O)c3cnc(N4C[C@H](c5cc(F)ccc5F)[C@@H](N)C4)nc3)CC2)n1.Cl. The molecule has 2 aliphatic rings. The standard InChI is InChI=1S/C26H27F7N8O2.ClH/c1-25(29,30)22-37-24(43-38-22)39-6-4-16(5-7-39)41(13-26(31,32)33)21(42)14-9-35-23(36-10-14)40-11-18(20(34)12-40)17-8-15(27)2-3-19(17)28;/h2-3,8-10,16,18,20H,4-7,11-13,34H2,1H3;1H/t18-,20+;/m1./s1. The molecule has 3 aromatic rings. The van der Waals surface area contributed by atoms with E-state index in [1.165, 1.54) is 4.90 Å². The van der Waals surface area contributed by atoms with Gasteiger partial charge in [-0.3, -0.25) is 4.79 Å². The minimum absolute atomic E-state index is 0. The van der Waals surface area contributed by atoms with Crippen LogP contribution in [-0.4, -0.2) is 81.9 Å². The van der Waals surface area contributed by atoms with Crippen molar-refractivity contribution in [2.24, 2.45) is 5.73 Å². The molecule has 4 heterocycles. The fraction of sp³-hybridized carbons (Fsp3) is 0.500. The molecule has 0 unspecified atom stereocenters. The zero-order valence-electron chi connectivity index (χ0n) is 23.1. The van der Waals surface area contributed by atoms with Gasteiger partial charge in [-0.15, -0.1) is 12.4 Å². The van der Waals surface area contributed by atoms with Gasteiger partial charge in [0.2, 0.25) is 11.8 Å². The van der Waals surface area contributed by atoms with E-state index in [9.17, 15) is 35.5 Å². The number of hydrogen-bond acceptors (Lipinski definition) is 9. The summed E-state index contributed by atoms with van der Waals surface area (Å²) in [7, 11) is 0. The molecule has 2 aliphatic heterocycles. The van der Waals surface area contributed by atoms with Crippen LogP contribution >= 0.6 is 12.4 Å². The average molecular weight is 653 g/mol. The molecule has 5 rings (SSSR count). The minimum atomic E-state index is -4.70. The molecule has 240 valence electrons. The van der Waals surface area contributed by atoms with Gasteiger partial charge in [-0.05, 0) is 36.6 Å². The molecule has 2 aromatic heterocycles. The maximum Gasteiger partial charge on any atom is 0.406 e. The first-order chi connectivity index (χ1) is 20.2. The van der Waals surface area contributed by atoms with E-state index in [1.54, 1.807) is 4.90 Å². The lowest BCUT2D eigenvalue weighted by molar-refractivity contribution is -0.145. The van der Waals surface area contributed by atoms with E-state index in [4.69, 9.17) is 10.3 Å². The predicted octanol–water partition coefficient (Wildman–Crippen LogP) is 4.28. The van der Waals surface area contributed by atoms with Gasteiger partial charge in [0.15, 0.2) is 0 Å². The van der Waals surface area contributed by atoms with Crippen LogP contribution in [0.4, 0.5) is 42.7 Å². The first kappa shape index (κ1) is 33.2. The summed E-state index contributed by atoms with van der Waals surface area (Å²) in [5.74, 6) is -6.73. The van der Waals surface area contributed by atoms with Crippen LogP contribution in [0, 0.1) is 11.6 Å². The number of nitrogens with zero attached hydrogens (tertiary/aromatic N) is 7. The van der Waals surface area contributed by atoms with Gasteiger partial charge < -0.3 is 25.0 Å². The topological polar surface area (TPSA) is 118 Å². The van der Waals surface area contributed by atoms with Crippen LogP contribution in [0.3, 0.4) is 0 Å². The Kier molecular flexibility index (Phi) is 9.58. The quantitative estimate of drug-likeness (QED) is 0.374. The summed E-state index contributed by atoms with van der Waals surface area (Å²) in [5.41, 5.74) is 6.11. The Balaban J connectivity index is 0.00000442. The first-order valence-electron chi connectivity index (χ1n) is 13.3. The Morgan fingerprint density at radius 2 is 1.73 bits per heavy atom. The van der Waals surface area contributed by atoms with Crippen LogP contribution < -0.4 is 15.5 Å². The Morgan fingerprint density at radius 3 is 2.32 bits per heavy atom. The molecule has 2 N–H and O–H groups in total. The average Bonchev–Trinajstić information content (AvgIpc) is 3.60. The lowest BCUT2D eigenvalue weighted by Gasteiger charge is -2.38. The number of rotatable bonds is 7. The number of carbonyl (C=O) groups excluding carboxylic acids is 1. The predicted molar refractivity (Wildman–Crippen MR) is 145 cm³/mol. The fourth-order valence-corrected chi connectivity index (χ4v) is 5.33. The van der Waals surface area contributed by atoms with Crippen molar-refractivity contribution in [2.75, 3.05) is 42.5 Å². The summed E-state index contributed by atoms with van der Waals surface area (Å²) in [6.45, 7) is -0.389. The molecule has 2 saturated heterocycles. The highest BCUT2D eigenvalue weighted by molar-refractivity contribution is 5.94. The number of benzene rings is 1. The van der Waals surface area contributed by atoms with E-state index >= 15 is 0 Å². The molecule has 18 heteroatoms. The zero-order valence-corrected chi connectivity index (χ0v) is 24.0. The highest BCUT2D eigenvalue weighted by atomic mass is 35.5. The third kappa shape index (κ3) is 7.31. The maximum absolute atomic E-state index is 14.3. The van der Waals surface area contributed by atoms with Crippen molar-refractivity contribution >= 4 is 30.3 Å². The molecular formula is C26H28ClF7N8O2. The molecule has 0 spiro atoms. The van der Waals surface area contributed by atoms with E-state index in [2.05, 4.69) is 20.1 Å². The number of nitrogens with two attached hydrogens (primary N) is 1. The second-order valence-corrected chi connectivity index (χ2v) is 10.7. The summed E-state index contributed by atoms with van der Waals surface area (Å²) >= 11 is 0. The van der Waals surface area contributed by atoms with Crippen molar-refractivity contribution in [1.82, 2.24) is 25.0 Å². The molecule has 0 aliphatic carbocycles. The fourth-order valence-electron chi connectivity index (χ4n) is 5.33. The summed E-state index contributed by atoms with van der Waals surface area (Å²) in [6.07, 6.45) is -2.34. The number of amides is 1. The van der Waals surface area contributed by atoms with Crippen LogP contribution in [0.5, 0.6) is 0 Å². The highest BCUT2D eigenvalue weighted by Gasteiger charge is 2.40. The second-order valence-electron chi connectivity index (χ2n) is 10.7. The number of aromatic nitrogens is 4. The van der Waals surface area contributed by atoms with E-state index < -0.39 is 60.0 Å². The maximum atomic E-state index is 14.3. The van der Waals surface area contributed by atoms with Gasteiger partial charge in [0.05, 0.1) is 5.56 Å².